The van der Waals surface area contributed by atoms with Crippen molar-refractivity contribution in [2.75, 3.05) is 45.2 Å². The van der Waals surface area contributed by atoms with Gasteiger partial charge in [-0.25, -0.2) is 14.4 Å². The molecule has 5 heterocycles. The Morgan fingerprint density at radius 3 is 2.62 bits per heavy atom. The van der Waals surface area contributed by atoms with Crippen LogP contribution in [0.5, 0.6) is 0 Å². The van der Waals surface area contributed by atoms with Crippen molar-refractivity contribution in [1.82, 2.24) is 34.1 Å². The van der Waals surface area contributed by atoms with E-state index in [0.717, 1.165) is 74.0 Å². The Morgan fingerprint density at radius 1 is 1.13 bits per heavy atom. The molecule has 6 rings (SSSR count). The molecule has 2 aliphatic rings. The minimum atomic E-state index is -1.16. The first kappa shape index (κ1) is 32.8. The largest absolute Gasteiger partial charge is 0.387 e. The van der Waals surface area contributed by atoms with Crippen molar-refractivity contribution in [2.24, 2.45) is 0 Å². The van der Waals surface area contributed by atoms with Crippen LogP contribution < -0.4 is 5.32 Å². The Bertz CT molecular complexity index is 1800. The van der Waals surface area contributed by atoms with E-state index in [4.69, 9.17) is 9.84 Å². The van der Waals surface area contributed by atoms with E-state index >= 15 is 0 Å². The fourth-order valence-electron chi connectivity index (χ4n) is 6.78. The first-order valence-corrected chi connectivity index (χ1v) is 20.0. The van der Waals surface area contributed by atoms with E-state index in [1.165, 1.54) is 0 Å². The monoisotopic (exact) mass is 654 g/mol. The summed E-state index contributed by atoms with van der Waals surface area (Å²) >= 11 is 0. The van der Waals surface area contributed by atoms with Gasteiger partial charge >= 0.3 is 0 Å². The number of halogens is 1. The highest BCUT2D eigenvalue weighted by molar-refractivity contribution is 6.76. The molecule has 0 aliphatic carbocycles. The molecule has 0 bridgehead atoms. The zero-order valence-electron chi connectivity index (χ0n) is 27.7. The van der Waals surface area contributed by atoms with E-state index in [1.54, 1.807) is 25.5 Å². The van der Waals surface area contributed by atoms with Crippen LogP contribution in [0.1, 0.15) is 30.4 Å². The van der Waals surface area contributed by atoms with Gasteiger partial charge in [-0.1, -0.05) is 25.7 Å². The summed E-state index contributed by atoms with van der Waals surface area (Å²) < 4.78 is 25.0. The van der Waals surface area contributed by atoms with Crippen molar-refractivity contribution in [2.45, 2.75) is 69.8 Å². The number of likely N-dealkylation sites (tertiary alicyclic amines) is 2. The van der Waals surface area contributed by atoms with Crippen LogP contribution in [0.2, 0.25) is 25.7 Å². The molecule has 0 atom stereocenters. The van der Waals surface area contributed by atoms with Crippen molar-refractivity contribution in [3.63, 3.8) is 0 Å². The maximum atomic E-state index is 15.0. The SMILES string of the molecule is CNc1ccc(CN2CCC(N3CC(CC#N)(n4cc(-c5ncnc6c5ccn6COCC[Si](C)(C)C)cn4)C3)CC2)c(F)c1C#N. The van der Waals surface area contributed by atoms with Crippen LogP contribution in [0.25, 0.3) is 22.3 Å². The van der Waals surface area contributed by atoms with E-state index < -0.39 is 19.4 Å². The summed E-state index contributed by atoms with van der Waals surface area (Å²) in [6.45, 7) is 11.9. The highest BCUT2D eigenvalue weighted by Crippen LogP contribution is 2.37. The molecule has 2 saturated heterocycles. The molecule has 2 aliphatic heterocycles. The number of benzene rings is 1. The van der Waals surface area contributed by atoms with Gasteiger partial charge in [0.2, 0.25) is 0 Å². The van der Waals surface area contributed by atoms with Crippen molar-refractivity contribution in [3.05, 3.63) is 60.1 Å². The molecule has 0 saturated carbocycles. The molecular weight excluding hydrogens is 612 g/mol. The summed E-state index contributed by atoms with van der Waals surface area (Å²) in [6.07, 6.45) is 9.74. The average Bonchev–Trinajstić information content (AvgIpc) is 3.70. The number of piperidine rings is 1. The number of hydrogen-bond donors (Lipinski definition) is 1. The number of fused-ring (bicyclic) bond motifs is 1. The first-order chi connectivity index (χ1) is 22.6. The molecule has 2 fully saturated rings. The summed E-state index contributed by atoms with van der Waals surface area (Å²) in [5.41, 5.74) is 3.27. The zero-order valence-corrected chi connectivity index (χ0v) is 28.7. The van der Waals surface area contributed by atoms with Gasteiger partial charge in [0.1, 0.15) is 41.7 Å². The van der Waals surface area contributed by atoms with Crippen molar-refractivity contribution in [3.8, 4) is 23.4 Å². The maximum Gasteiger partial charge on any atom is 0.147 e. The number of nitrogens with one attached hydrogen (secondary N) is 1. The Balaban J connectivity index is 1.08. The predicted octanol–water partition coefficient (Wildman–Crippen LogP) is 5.25. The van der Waals surface area contributed by atoms with Gasteiger partial charge in [-0.2, -0.15) is 15.6 Å². The van der Waals surface area contributed by atoms with Gasteiger partial charge in [-0.3, -0.25) is 14.5 Å². The second-order valence-electron chi connectivity index (χ2n) is 14.1. The van der Waals surface area contributed by atoms with Crippen LogP contribution in [0.3, 0.4) is 0 Å². The van der Waals surface area contributed by atoms with Gasteiger partial charge in [0.15, 0.2) is 0 Å². The number of aromatic nitrogens is 5. The fourth-order valence-corrected chi connectivity index (χ4v) is 7.54. The van der Waals surface area contributed by atoms with E-state index in [-0.39, 0.29) is 5.56 Å². The molecule has 0 amide bonds. The minimum absolute atomic E-state index is 0.0661. The summed E-state index contributed by atoms with van der Waals surface area (Å²) in [5.74, 6) is -0.439. The normalized spacial score (nSPS) is 17.3. The first-order valence-electron chi connectivity index (χ1n) is 16.3. The fraction of sp³-hybridized carbons (Fsp3) is 0.500. The smallest absolute Gasteiger partial charge is 0.147 e. The molecule has 1 aromatic carbocycles. The standard InChI is InChI=1S/C34H43FN10OSi/c1-38-30-6-5-25(31(35)29(30)17-37)19-42-12-7-27(8-13-42)44-21-34(22-44,10-11-36)45-20-26(18-41-45)32-28-9-14-43(33(28)40-23-39-32)24-46-15-16-47(2,3)4/h5-6,9,14,18,20,23,27,38H,7-8,10,12-13,15-16,19,21-22,24H2,1-4H3. The Labute approximate surface area is 276 Å². The van der Waals surface area contributed by atoms with Gasteiger partial charge in [0.25, 0.3) is 0 Å². The number of hydrogen-bond acceptors (Lipinski definition) is 9. The second-order valence-corrected chi connectivity index (χ2v) is 19.7. The average molecular weight is 655 g/mol. The number of anilines is 1. The van der Waals surface area contributed by atoms with Crippen LogP contribution in [-0.2, 0) is 23.6 Å². The van der Waals surface area contributed by atoms with Gasteiger partial charge in [-0.05, 0) is 44.1 Å². The lowest BCUT2D eigenvalue weighted by atomic mass is 9.83. The zero-order chi connectivity index (χ0) is 33.2. The predicted molar refractivity (Wildman–Crippen MR) is 182 cm³/mol. The molecule has 0 radical (unpaired) electrons. The molecule has 246 valence electrons. The molecule has 4 aromatic rings. The van der Waals surface area contributed by atoms with Crippen LogP contribution in [0.15, 0.2) is 43.1 Å². The van der Waals surface area contributed by atoms with Gasteiger partial charge < -0.3 is 14.6 Å². The molecule has 3 aromatic heterocycles. The van der Waals surface area contributed by atoms with E-state index in [1.807, 2.05) is 40.0 Å². The third-order valence-corrected chi connectivity index (χ3v) is 11.3. The van der Waals surface area contributed by atoms with Gasteiger partial charge in [0.05, 0.1) is 30.1 Å². The molecule has 11 nitrogen and oxygen atoms in total. The molecular formula is C34H43FN10OSi. The Hall–Kier alpha value is -4.14. The quantitative estimate of drug-likeness (QED) is 0.161. The van der Waals surface area contributed by atoms with Gasteiger partial charge in [0, 0.05) is 76.3 Å². The summed E-state index contributed by atoms with van der Waals surface area (Å²) in [4.78, 5) is 13.9. The van der Waals surface area contributed by atoms with Crippen LogP contribution >= 0.6 is 0 Å². The Kier molecular flexibility index (Phi) is 9.44. The summed E-state index contributed by atoms with van der Waals surface area (Å²) in [5, 5.41) is 27.8. The van der Waals surface area contributed by atoms with Crippen LogP contribution in [0, 0.1) is 28.5 Å². The number of nitriles is 2. The molecule has 47 heavy (non-hydrogen) atoms. The van der Waals surface area contributed by atoms with E-state index in [9.17, 15) is 14.9 Å². The summed E-state index contributed by atoms with van der Waals surface area (Å²) in [7, 11) is 0.532. The van der Waals surface area contributed by atoms with E-state index in [0.29, 0.717) is 37.0 Å². The topological polar surface area (TPSA) is 124 Å². The van der Waals surface area contributed by atoms with Crippen LogP contribution in [0.4, 0.5) is 10.1 Å². The highest BCUT2D eigenvalue weighted by Gasteiger charge is 2.48. The molecule has 1 N–H and O–H groups in total. The lowest BCUT2D eigenvalue weighted by molar-refractivity contribution is -0.0436. The number of nitrogens with zero attached hydrogens (tertiary/aromatic N) is 9. The number of ether oxygens (including phenoxy) is 1. The van der Waals surface area contributed by atoms with Crippen molar-refractivity contribution >= 4 is 24.8 Å². The molecule has 13 heteroatoms. The van der Waals surface area contributed by atoms with Gasteiger partial charge in [-0.15, -0.1) is 0 Å². The third-order valence-electron chi connectivity index (χ3n) is 9.60. The molecule has 0 unspecified atom stereocenters. The second kappa shape index (κ2) is 13.5. The highest BCUT2D eigenvalue weighted by atomic mass is 28.3. The van der Waals surface area contributed by atoms with E-state index in [2.05, 4.69) is 50.8 Å². The number of rotatable bonds is 12. The lowest BCUT2D eigenvalue weighted by Gasteiger charge is -2.53. The minimum Gasteiger partial charge on any atom is -0.387 e. The lowest BCUT2D eigenvalue weighted by Crippen LogP contribution is -2.66. The van der Waals surface area contributed by atoms with Crippen LogP contribution in [-0.4, -0.2) is 88.1 Å². The van der Waals surface area contributed by atoms with Crippen molar-refractivity contribution in [1.29, 1.82) is 10.5 Å². The maximum absolute atomic E-state index is 15.0. The summed E-state index contributed by atoms with van der Waals surface area (Å²) in [6, 6.07) is 11.5. The Morgan fingerprint density at radius 2 is 1.91 bits per heavy atom. The third kappa shape index (κ3) is 6.80. The molecule has 0 spiro atoms. The van der Waals surface area contributed by atoms with Crippen molar-refractivity contribution < 1.29 is 9.13 Å².